The molecule has 27 heavy (non-hydrogen) atoms. The van der Waals surface area contributed by atoms with Crippen molar-refractivity contribution in [2.24, 2.45) is 4.99 Å². The van der Waals surface area contributed by atoms with E-state index in [1.54, 1.807) is 12.1 Å². The average molecular weight is 374 g/mol. The van der Waals surface area contributed by atoms with Gasteiger partial charge in [0, 0.05) is 13.1 Å². The number of benzene rings is 2. The van der Waals surface area contributed by atoms with E-state index < -0.39 is 11.7 Å². The van der Waals surface area contributed by atoms with Crippen LogP contribution in [-0.2, 0) is 19.1 Å². The highest BCUT2D eigenvalue weighted by molar-refractivity contribution is 5.79. The summed E-state index contributed by atoms with van der Waals surface area (Å²) in [6, 6.07) is 14.5. The molecule has 0 aliphatic rings. The van der Waals surface area contributed by atoms with Crippen LogP contribution in [0.2, 0.25) is 0 Å². The number of alkyl halides is 3. The number of nitrogens with one attached hydrogen (secondary N) is 2. The minimum Gasteiger partial charge on any atom is -0.357 e. The van der Waals surface area contributed by atoms with E-state index in [1.165, 1.54) is 12.1 Å². The van der Waals surface area contributed by atoms with Gasteiger partial charge in [-0.2, -0.15) is 18.4 Å². The van der Waals surface area contributed by atoms with Crippen molar-refractivity contribution in [2.75, 3.05) is 13.1 Å². The van der Waals surface area contributed by atoms with Gasteiger partial charge in [0.15, 0.2) is 5.96 Å². The van der Waals surface area contributed by atoms with Crippen LogP contribution in [-0.4, -0.2) is 19.0 Å². The fraction of sp³-hybridized carbons (Fsp3) is 0.300. The smallest absolute Gasteiger partial charge is 0.357 e. The summed E-state index contributed by atoms with van der Waals surface area (Å²) < 4.78 is 37.7. The van der Waals surface area contributed by atoms with Crippen LogP contribution in [0, 0.1) is 11.3 Å². The van der Waals surface area contributed by atoms with E-state index in [1.807, 2.05) is 19.1 Å². The zero-order chi connectivity index (χ0) is 19.7. The minimum absolute atomic E-state index is 0.422. The van der Waals surface area contributed by atoms with Crippen molar-refractivity contribution in [3.63, 3.8) is 0 Å². The van der Waals surface area contributed by atoms with Crippen molar-refractivity contribution in [3.05, 3.63) is 70.8 Å². The monoisotopic (exact) mass is 374 g/mol. The van der Waals surface area contributed by atoms with E-state index in [2.05, 4.69) is 21.7 Å². The molecule has 2 N–H and O–H groups in total. The van der Waals surface area contributed by atoms with E-state index in [0.29, 0.717) is 37.6 Å². The fourth-order valence-electron chi connectivity index (χ4n) is 2.44. The van der Waals surface area contributed by atoms with E-state index in [-0.39, 0.29) is 0 Å². The molecule has 0 fully saturated rings. The van der Waals surface area contributed by atoms with Crippen LogP contribution in [0.1, 0.15) is 29.2 Å². The Morgan fingerprint density at radius 3 is 2.44 bits per heavy atom. The molecule has 0 saturated carbocycles. The second-order valence-electron chi connectivity index (χ2n) is 5.88. The van der Waals surface area contributed by atoms with Crippen LogP contribution in [0.15, 0.2) is 53.5 Å². The lowest BCUT2D eigenvalue weighted by molar-refractivity contribution is -0.137. The molecule has 0 radical (unpaired) electrons. The second kappa shape index (κ2) is 9.62. The Hall–Kier alpha value is -3.01. The summed E-state index contributed by atoms with van der Waals surface area (Å²) in [7, 11) is 0. The highest BCUT2D eigenvalue weighted by Crippen LogP contribution is 2.29. The number of halogens is 3. The topological polar surface area (TPSA) is 60.2 Å². The van der Waals surface area contributed by atoms with Gasteiger partial charge in [0.1, 0.15) is 0 Å². The Morgan fingerprint density at radius 1 is 1.07 bits per heavy atom. The third-order valence-electron chi connectivity index (χ3n) is 3.81. The largest absolute Gasteiger partial charge is 0.416 e. The number of guanidine groups is 1. The Bertz CT molecular complexity index is 805. The Kier molecular flexibility index (Phi) is 7.24. The Balaban J connectivity index is 1.91. The Labute approximate surface area is 156 Å². The average Bonchev–Trinajstić information content (AvgIpc) is 2.66. The molecular formula is C20H21F3N4. The lowest BCUT2D eigenvalue weighted by atomic mass is 10.1. The van der Waals surface area contributed by atoms with Gasteiger partial charge >= 0.3 is 6.18 Å². The maximum Gasteiger partial charge on any atom is 0.416 e. The summed E-state index contributed by atoms with van der Waals surface area (Å²) in [6.45, 7) is 3.59. The van der Waals surface area contributed by atoms with E-state index >= 15 is 0 Å². The van der Waals surface area contributed by atoms with Crippen LogP contribution in [0.25, 0.3) is 0 Å². The van der Waals surface area contributed by atoms with E-state index in [4.69, 9.17) is 5.26 Å². The van der Waals surface area contributed by atoms with Crippen molar-refractivity contribution in [3.8, 4) is 6.07 Å². The molecule has 0 bridgehead atoms. The molecule has 2 aromatic rings. The Morgan fingerprint density at radius 2 is 1.81 bits per heavy atom. The molecule has 0 saturated heterocycles. The first kappa shape index (κ1) is 20.3. The standard InChI is InChI=1S/C20H21F3N4/c1-2-25-19(27-14-17-5-3-4-16(12-17)13-24)26-11-10-15-6-8-18(9-7-15)20(21,22)23/h3-9,12H,2,10-11,14H2,1H3,(H2,25,26,27). The van der Waals surface area contributed by atoms with Gasteiger partial charge in [-0.05, 0) is 48.7 Å². The zero-order valence-electron chi connectivity index (χ0n) is 15.0. The number of rotatable bonds is 6. The van der Waals surface area contributed by atoms with Crippen LogP contribution in [0.5, 0.6) is 0 Å². The second-order valence-corrected chi connectivity index (χ2v) is 5.88. The third kappa shape index (κ3) is 6.66. The molecule has 7 heteroatoms. The number of nitriles is 1. The third-order valence-corrected chi connectivity index (χ3v) is 3.81. The molecule has 2 rings (SSSR count). The van der Waals surface area contributed by atoms with Gasteiger partial charge in [0.05, 0.1) is 23.7 Å². The molecule has 4 nitrogen and oxygen atoms in total. The first-order valence-electron chi connectivity index (χ1n) is 8.59. The molecule has 142 valence electrons. The van der Waals surface area contributed by atoms with Crippen molar-refractivity contribution in [1.82, 2.24) is 10.6 Å². The molecule has 0 aliphatic heterocycles. The lowest BCUT2D eigenvalue weighted by Gasteiger charge is -2.12. The highest BCUT2D eigenvalue weighted by Gasteiger charge is 2.29. The van der Waals surface area contributed by atoms with Crippen LogP contribution < -0.4 is 10.6 Å². The normalized spacial score (nSPS) is 11.7. The molecule has 0 aliphatic carbocycles. The summed E-state index contributed by atoms with van der Waals surface area (Å²) in [5.74, 6) is 0.617. The van der Waals surface area contributed by atoms with Crippen LogP contribution >= 0.6 is 0 Å². The molecular weight excluding hydrogens is 353 g/mol. The molecule has 0 spiro atoms. The molecule has 0 heterocycles. The van der Waals surface area contributed by atoms with Crippen LogP contribution in [0.3, 0.4) is 0 Å². The van der Waals surface area contributed by atoms with E-state index in [9.17, 15) is 13.2 Å². The van der Waals surface area contributed by atoms with Gasteiger partial charge in [0.25, 0.3) is 0 Å². The molecule has 0 aromatic heterocycles. The summed E-state index contributed by atoms with van der Waals surface area (Å²) in [4.78, 5) is 4.47. The van der Waals surface area contributed by atoms with Crippen molar-refractivity contribution >= 4 is 5.96 Å². The SMILES string of the molecule is CCNC(=NCc1cccc(C#N)c1)NCCc1ccc(C(F)(F)F)cc1. The maximum atomic E-state index is 12.6. The first-order valence-corrected chi connectivity index (χ1v) is 8.59. The number of aliphatic imine (C=N–C) groups is 1. The van der Waals surface area contributed by atoms with Gasteiger partial charge in [-0.1, -0.05) is 24.3 Å². The lowest BCUT2D eigenvalue weighted by Crippen LogP contribution is -2.38. The van der Waals surface area contributed by atoms with Crippen LogP contribution in [0.4, 0.5) is 13.2 Å². The number of hydrogen-bond donors (Lipinski definition) is 2. The maximum absolute atomic E-state index is 12.6. The quantitative estimate of drug-likeness (QED) is 0.596. The summed E-state index contributed by atoms with van der Waals surface area (Å²) in [5, 5.41) is 15.2. The molecule has 2 aromatic carbocycles. The predicted molar refractivity (Wildman–Crippen MR) is 99.1 cm³/mol. The van der Waals surface area contributed by atoms with Crippen molar-refractivity contribution in [2.45, 2.75) is 26.1 Å². The number of hydrogen-bond acceptors (Lipinski definition) is 2. The highest BCUT2D eigenvalue weighted by atomic mass is 19.4. The van der Waals surface area contributed by atoms with Crippen molar-refractivity contribution in [1.29, 1.82) is 5.26 Å². The summed E-state index contributed by atoms with van der Waals surface area (Å²) >= 11 is 0. The zero-order valence-corrected chi connectivity index (χ0v) is 15.0. The predicted octanol–water partition coefficient (Wildman–Crippen LogP) is 3.87. The number of nitrogens with zero attached hydrogens (tertiary/aromatic N) is 2. The van der Waals surface area contributed by atoms with Gasteiger partial charge < -0.3 is 10.6 Å². The molecule has 0 amide bonds. The van der Waals surface area contributed by atoms with Gasteiger partial charge in [-0.25, -0.2) is 4.99 Å². The molecule has 0 atom stereocenters. The minimum atomic E-state index is -4.31. The van der Waals surface area contributed by atoms with Gasteiger partial charge in [-0.15, -0.1) is 0 Å². The molecule has 0 unspecified atom stereocenters. The first-order chi connectivity index (χ1) is 12.9. The van der Waals surface area contributed by atoms with Crippen molar-refractivity contribution < 1.29 is 13.2 Å². The van der Waals surface area contributed by atoms with Gasteiger partial charge in [0.2, 0.25) is 0 Å². The van der Waals surface area contributed by atoms with E-state index in [0.717, 1.165) is 23.3 Å². The van der Waals surface area contributed by atoms with Gasteiger partial charge in [-0.3, -0.25) is 0 Å². The summed E-state index contributed by atoms with van der Waals surface area (Å²) in [6.07, 6.45) is -3.74. The summed E-state index contributed by atoms with van der Waals surface area (Å²) in [5.41, 5.74) is 1.68. The fourth-order valence-corrected chi connectivity index (χ4v) is 2.44.